The van der Waals surface area contributed by atoms with Crippen LogP contribution in [-0.4, -0.2) is 52.3 Å². The Labute approximate surface area is 238 Å². The molecule has 1 atom stereocenters. The fourth-order valence-electron chi connectivity index (χ4n) is 3.88. The lowest BCUT2D eigenvalue weighted by molar-refractivity contribution is 0.0607. The van der Waals surface area contributed by atoms with Crippen molar-refractivity contribution in [1.29, 1.82) is 0 Å². The molecule has 1 amide bonds. The first-order chi connectivity index (χ1) is 19.2. The van der Waals surface area contributed by atoms with E-state index in [2.05, 4.69) is 19.6 Å². The summed E-state index contributed by atoms with van der Waals surface area (Å²) < 4.78 is 64.5. The minimum absolute atomic E-state index is 0.0466. The van der Waals surface area contributed by atoms with Gasteiger partial charge in [-0.3, -0.25) is 0 Å². The first-order valence-electron chi connectivity index (χ1n) is 12.9. The Bertz CT molecular complexity index is 1520. The van der Waals surface area contributed by atoms with Gasteiger partial charge in [-0.1, -0.05) is 0 Å². The van der Waals surface area contributed by atoms with E-state index in [-0.39, 0.29) is 23.0 Å². The van der Waals surface area contributed by atoms with E-state index in [9.17, 15) is 22.2 Å². The van der Waals surface area contributed by atoms with E-state index in [1.165, 1.54) is 6.26 Å². The van der Waals surface area contributed by atoms with Crippen LogP contribution in [0.25, 0.3) is 11.3 Å². The topological polar surface area (TPSA) is 123 Å². The largest absolute Gasteiger partial charge is 0.442 e. The summed E-state index contributed by atoms with van der Waals surface area (Å²) in [6.45, 7) is 6.31. The van der Waals surface area contributed by atoms with Crippen LogP contribution >= 0.6 is 0 Å². The number of nitrogens with zero attached hydrogens (tertiary/aromatic N) is 4. The van der Waals surface area contributed by atoms with Gasteiger partial charge in [-0.05, 0) is 76.1 Å². The highest BCUT2D eigenvalue weighted by Gasteiger charge is 2.19. The Morgan fingerprint density at radius 3 is 2.51 bits per heavy atom. The molecular weight excluding hydrogens is 557 g/mol. The van der Waals surface area contributed by atoms with Gasteiger partial charge in [-0.15, -0.1) is 4.36 Å². The van der Waals surface area contributed by atoms with Crippen molar-refractivity contribution < 1.29 is 26.9 Å². The molecule has 1 aromatic heterocycles. The number of anilines is 3. The smallest absolute Gasteiger partial charge is 0.442 e. The highest BCUT2D eigenvalue weighted by molar-refractivity contribution is 7.92. The van der Waals surface area contributed by atoms with Crippen LogP contribution in [0.1, 0.15) is 39.2 Å². The van der Waals surface area contributed by atoms with Gasteiger partial charge in [0.25, 0.3) is 0 Å². The zero-order valence-electron chi connectivity index (χ0n) is 23.7. The number of hydrogen-bond donors (Lipinski definition) is 2. The van der Waals surface area contributed by atoms with E-state index in [1.54, 1.807) is 32.9 Å². The second-order valence-corrected chi connectivity index (χ2v) is 13.0. The second kappa shape index (κ2) is 13.3. The van der Waals surface area contributed by atoms with Crippen molar-refractivity contribution in [2.45, 2.75) is 45.0 Å². The van der Waals surface area contributed by atoms with Gasteiger partial charge in [0.2, 0.25) is 5.95 Å². The van der Waals surface area contributed by atoms with Crippen LogP contribution in [0.15, 0.2) is 47.0 Å². The van der Waals surface area contributed by atoms with Crippen molar-refractivity contribution in [1.82, 2.24) is 9.97 Å². The van der Waals surface area contributed by atoms with Crippen molar-refractivity contribution in [2.24, 2.45) is 10.1 Å². The maximum Gasteiger partial charge on any atom is 0.442 e. The highest BCUT2D eigenvalue weighted by atomic mass is 32.2. The van der Waals surface area contributed by atoms with Crippen LogP contribution in [0.4, 0.5) is 35.3 Å². The third kappa shape index (κ3) is 9.71. The quantitative estimate of drug-likeness (QED) is 0.274. The number of ether oxygens (including phenoxy) is 1. The van der Waals surface area contributed by atoms with E-state index in [0.717, 1.165) is 36.9 Å². The van der Waals surface area contributed by atoms with Crippen LogP contribution in [0.3, 0.4) is 0 Å². The molecule has 0 saturated carbocycles. The van der Waals surface area contributed by atoms with Gasteiger partial charge in [0, 0.05) is 42.9 Å². The van der Waals surface area contributed by atoms with Crippen LogP contribution < -0.4 is 16.0 Å². The predicted molar refractivity (Wildman–Crippen MR) is 155 cm³/mol. The number of aromatic nitrogens is 2. The molecule has 0 radical (unpaired) electrons. The van der Waals surface area contributed by atoms with Crippen molar-refractivity contribution in [2.75, 3.05) is 36.6 Å². The molecule has 0 aliphatic rings. The number of nitrogens with two attached hydrogens (primary N) is 1. The molecule has 3 N–H and O–H groups in total. The van der Waals surface area contributed by atoms with Crippen LogP contribution in [0.2, 0.25) is 0 Å². The Kier molecular flexibility index (Phi) is 10.3. The summed E-state index contributed by atoms with van der Waals surface area (Å²) in [7, 11) is -1.14. The Morgan fingerprint density at radius 2 is 1.85 bits per heavy atom. The van der Waals surface area contributed by atoms with Crippen molar-refractivity contribution >= 4 is 33.1 Å². The fraction of sp³-hybridized carbons (Fsp3) is 0.393. The number of benzene rings is 2. The van der Waals surface area contributed by atoms with E-state index >= 15 is 0 Å². The van der Waals surface area contributed by atoms with Gasteiger partial charge < -0.3 is 20.7 Å². The number of unbranched alkanes of at least 4 members (excludes halogenated alkanes) is 1. The van der Waals surface area contributed by atoms with Crippen LogP contribution in [0.5, 0.6) is 0 Å². The molecule has 9 nitrogen and oxygen atoms in total. The van der Waals surface area contributed by atoms with Crippen molar-refractivity contribution in [3.8, 4) is 11.3 Å². The van der Waals surface area contributed by atoms with Crippen LogP contribution in [-0.2, 0) is 20.2 Å². The summed E-state index contributed by atoms with van der Waals surface area (Å²) in [5.74, 6) is -2.77. The maximum absolute atomic E-state index is 14.5. The average Bonchev–Trinajstić information content (AvgIpc) is 2.83. The van der Waals surface area contributed by atoms with Gasteiger partial charge in [-0.2, -0.15) is 0 Å². The molecule has 0 aliphatic carbocycles. The number of carbonyl (C=O) groups excluding carboxylic acids is 1. The fourth-order valence-corrected chi connectivity index (χ4v) is 5.08. The van der Waals surface area contributed by atoms with Gasteiger partial charge >= 0.3 is 6.09 Å². The van der Waals surface area contributed by atoms with Gasteiger partial charge in [0.15, 0.2) is 5.82 Å². The molecule has 41 heavy (non-hydrogen) atoms. The van der Waals surface area contributed by atoms with E-state index in [1.807, 2.05) is 18.0 Å². The summed E-state index contributed by atoms with van der Waals surface area (Å²) in [6.07, 6.45) is 3.01. The van der Waals surface area contributed by atoms with E-state index < -0.39 is 38.9 Å². The summed E-state index contributed by atoms with van der Waals surface area (Å²) in [4.78, 5) is 22.3. The minimum atomic E-state index is -3.03. The molecule has 0 spiro atoms. The summed E-state index contributed by atoms with van der Waals surface area (Å²) in [5, 5.41) is 2.99. The molecule has 0 aliphatic heterocycles. The number of nitrogens with one attached hydrogen (secondary N) is 1. The van der Waals surface area contributed by atoms with Gasteiger partial charge in [-0.25, -0.2) is 32.1 Å². The first kappa shape index (κ1) is 31.8. The molecule has 3 rings (SSSR count). The third-order valence-corrected chi connectivity index (χ3v) is 7.05. The SMILES string of the molecule is CN(CCCCN)c1cc(CS(C)(=O)=NC(=O)OC(C)(C)C)cc(Nc2ncc(F)c(-c3ccc(F)cc3F)n2)c1. The van der Waals surface area contributed by atoms with Gasteiger partial charge in [0.05, 0.1) is 21.7 Å². The molecule has 0 bridgehead atoms. The number of halogens is 3. The van der Waals surface area contributed by atoms with E-state index in [4.69, 9.17) is 10.5 Å². The molecule has 0 saturated heterocycles. The molecule has 0 fully saturated rings. The summed E-state index contributed by atoms with van der Waals surface area (Å²) in [5.41, 5.74) is 6.07. The molecule has 1 heterocycles. The summed E-state index contributed by atoms with van der Waals surface area (Å²) >= 11 is 0. The van der Waals surface area contributed by atoms with Gasteiger partial charge in [0.1, 0.15) is 22.9 Å². The Morgan fingerprint density at radius 1 is 1.12 bits per heavy atom. The number of carbonyl (C=O) groups is 1. The lowest BCUT2D eigenvalue weighted by Gasteiger charge is -2.22. The summed E-state index contributed by atoms with van der Waals surface area (Å²) in [6, 6.07) is 8.04. The number of amides is 1. The maximum atomic E-state index is 14.5. The molecule has 2 aromatic carbocycles. The standard InChI is InChI=1S/C28H35F3N6O3S/c1-28(2,3)40-27(38)36-41(5,39)17-18-12-20(15-21(13-18)37(4)11-7-6-10-32)34-26-33-16-24(31)25(35-26)22-9-8-19(29)14-23(22)30/h8-9,12-16H,6-7,10-11,17,32H2,1-5H3,(H,33,34,35). The molecule has 3 aromatic rings. The number of rotatable bonds is 10. The molecular formula is C28H35F3N6O3S. The normalized spacial score (nSPS) is 12.9. The van der Waals surface area contributed by atoms with Crippen molar-refractivity contribution in [3.05, 3.63) is 65.6 Å². The Balaban J connectivity index is 1.98. The second-order valence-electron chi connectivity index (χ2n) is 10.6. The van der Waals surface area contributed by atoms with E-state index in [0.29, 0.717) is 30.4 Å². The molecule has 222 valence electrons. The lowest BCUT2D eigenvalue weighted by Crippen LogP contribution is -2.22. The minimum Gasteiger partial charge on any atom is -0.442 e. The molecule has 1 unspecified atom stereocenters. The lowest BCUT2D eigenvalue weighted by atomic mass is 10.1. The zero-order valence-corrected chi connectivity index (χ0v) is 24.5. The van der Waals surface area contributed by atoms with Crippen LogP contribution in [0, 0.1) is 17.5 Å². The number of hydrogen-bond acceptors (Lipinski definition) is 8. The predicted octanol–water partition coefficient (Wildman–Crippen LogP) is 6.01. The zero-order chi connectivity index (χ0) is 30.4. The highest BCUT2D eigenvalue weighted by Crippen LogP contribution is 2.28. The monoisotopic (exact) mass is 592 g/mol. The molecule has 13 heteroatoms. The van der Waals surface area contributed by atoms with Crippen molar-refractivity contribution in [3.63, 3.8) is 0 Å². The first-order valence-corrected chi connectivity index (χ1v) is 15.0. The third-order valence-electron chi connectivity index (χ3n) is 5.65. The average molecular weight is 593 g/mol. The Hall–Kier alpha value is -3.71.